The Morgan fingerprint density at radius 1 is 1.04 bits per heavy atom. The van der Waals surface area contributed by atoms with E-state index in [-0.39, 0.29) is 19.1 Å². The molecule has 0 radical (unpaired) electrons. The van der Waals surface area contributed by atoms with Crippen LogP contribution in [0.25, 0.3) is 11.0 Å². The molecular formula is C20H23N3O3. The SMILES string of the molecule is CN(C)Cc1nc2ccccc2n1CC(=O)OCCOc1ccccc1. The molecule has 0 aliphatic heterocycles. The van der Waals surface area contributed by atoms with Crippen LogP contribution in [-0.2, 0) is 22.6 Å². The number of para-hydroxylation sites is 3. The van der Waals surface area contributed by atoms with Crippen LogP contribution in [0, 0.1) is 0 Å². The van der Waals surface area contributed by atoms with Crippen LogP contribution in [0.5, 0.6) is 5.75 Å². The summed E-state index contributed by atoms with van der Waals surface area (Å²) in [6, 6.07) is 17.3. The van der Waals surface area contributed by atoms with Crippen molar-refractivity contribution in [2.24, 2.45) is 0 Å². The summed E-state index contributed by atoms with van der Waals surface area (Å²) in [5.41, 5.74) is 1.81. The standard InChI is InChI=1S/C20H23N3O3/c1-22(2)14-19-21-17-10-6-7-11-18(17)23(19)15-20(24)26-13-12-25-16-8-4-3-5-9-16/h3-11H,12-15H2,1-2H3. The van der Waals surface area contributed by atoms with Gasteiger partial charge >= 0.3 is 5.97 Å². The van der Waals surface area contributed by atoms with Crippen LogP contribution in [0.3, 0.4) is 0 Å². The third kappa shape index (κ3) is 4.61. The Kier molecular flexibility index (Phi) is 5.86. The molecule has 6 heteroatoms. The number of imidazole rings is 1. The van der Waals surface area contributed by atoms with Crippen LogP contribution in [0.2, 0.25) is 0 Å². The maximum Gasteiger partial charge on any atom is 0.326 e. The number of aromatic nitrogens is 2. The van der Waals surface area contributed by atoms with Crippen LogP contribution in [0.1, 0.15) is 5.82 Å². The van der Waals surface area contributed by atoms with Crippen molar-refractivity contribution in [1.82, 2.24) is 14.5 Å². The van der Waals surface area contributed by atoms with E-state index in [1.807, 2.05) is 78.2 Å². The number of hydrogen-bond acceptors (Lipinski definition) is 5. The molecule has 3 aromatic rings. The van der Waals surface area contributed by atoms with Gasteiger partial charge < -0.3 is 18.9 Å². The minimum absolute atomic E-state index is 0.134. The number of nitrogens with zero attached hydrogens (tertiary/aromatic N) is 3. The Labute approximate surface area is 153 Å². The van der Waals surface area contributed by atoms with Gasteiger partial charge in [-0.1, -0.05) is 30.3 Å². The van der Waals surface area contributed by atoms with Crippen LogP contribution in [0.15, 0.2) is 54.6 Å². The molecule has 3 rings (SSSR count). The second kappa shape index (κ2) is 8.49. The van der Waals surface area contributed by atoms with Gasteiger partial charge in [0.25, 0.3) is 0 Å². The Balaban J connectivity index is 1.59. The quantitative estimate of drug-likeness (QED) is 0.460. The molecule has 0 aliphatic carbocycles. The van der Waals surface area contributed by atoms with Gasteiger partial charge in [0.05, 0.1) is 17.6 Å². The maximum absolute atomic E-state index is 12.3. The van der Waals surface area contributed by atoms with Crippen LogP contribution in [0.4, 0.5) is 0 Å². The lowest BCUT2D eigenvalue weighted by molar-refractivity contribution is -0.145. The molecule has 2 aromatic carbocycles. The second-order valence-corrected chi connectivity index (χ2v) is 6.22. The molecule has 0 spiro atoms. The maximum atomic E-state index is 12.3. The first-order valence-electron chi connectivity index (χ1n) is 8.56. The number of carbonyl (C=O) groups excluding carboxylic acids is 1. The van der Waals surface area contributed by atoms with Gasteiger partial charge in [0.1, 0.15) is 31.3 Å². The van der Waals surface area contributed by atoms with Crippen molar-refractivity contribution >= 4 is 17.0 Å². The number of carbonyl (C=O) groups is 1. The summed E-state index contributed by atoms with van der Waals surface area (Å²) in [6.07, 6.45) is 0. The van der Waals surface area contributed by atoms with Gasteiger partial charge in [0, 0.05) is 0 Å². The van der Waals surface area contributed by atoms with Crippen molar-refractivity contribution in [2.45, 2.75) is 13.1 Å². The highest BCUT2D eigenvalue weighted by Gasteiger charge is 2.14. The molecule has 6 nitrogen and oxygen atoms in total. The lowest BCUT2D eigenvalue weighted by Crippen LogP contribution is -2.21. The number of esters is 1. The molecule has 136 valence electrons. The van der Waals surface area contributed by atoms with E-state index in [0.717, 1.165) is 22.6 Å². The van der Waals surface area contributed by atoms with Crippen molar-refractivity contribution in [3.63, 3.8) is 0 Å². The van der Waals surface area contributed by atoms with Crippen molar-refractivity contribution < 1.29 is 14.3 Å². The molecule has 1 heterocycles. The van der Waals surface area contributed by atoms with Gasteiger partial charge in [-0.15, -0.1) is 0 Å². The summed E-state index contributed by atoms with van der Waals surface area (Å²) in [5, 5.41) is 0. The lowest BCUT2D eigenvalue weighted by atomic mass is 10.3. The predicted molar refractivity (Wildman–Crippen MR) is 100 cm³/mol. The summed E-state index contributed by atoms with van der Waals surface area (Å²) < 4.78 is 12.8. The zero-order valence-electron chi connectivity index (χ0n) is 15.1. The zero-order chi connectivity index (χ0) is 18.4. The van der Waals surface area contributed by atoms with E-state index >= 15 is 0 Å². The summed E-state index contributed by atoms with van der Waals surface area (Å²) in [5.74, 6) is 1.30. The van der Waals surface area contributed by atoms with Crippen LogP contribution < -0.4 is 4.74 Å². The third-order valence-corrected chi connectivity index (χ3v) is 3.84. The third-order valence-electron chi connectivity index (χ3n) is 3.84. The first-order chi connectivity index (χ1) is 12.6. The minimum atomic E-state index is -0.301. The topological polar surface area (TPSA) is 56.6 Å². The molecule has 0 atom stereocenters. The average molecular weight is 353 g/mol. The molecule has 0 amide bonds. The highest BCUT2D eigenvalue weighted by atomic mass is 16.6. The summed E-state index contributed by atoms with van der Waals surface area (Å²) >= 11 is 0. The monoisotopic (exact) mass is 353 g/mol. The highest BCUT2D eigenvalue weighted by Crippen LogP contribution is 2.17. The summed E-state index contributed by atoms with van der Waals surface area (Å²) in [6.45, 7) is 1.32. The van der Waals surface area contributed by atoms with Gasteiger partial charge in [-0.25, -0.2) is 4.98 Å². The van der Waals surface area contributed by atoms with E-state index in [2.05, 4.69) is 4.98 Å². The second-order valence-electron chi connectivity index (χ2n) is 6.22. The number of rotatable bonds is 8. The largest absolute Gasteiger partial charge is 0.490 e. The van der Waals surface area contributed by atoms with Gasteiger partial charge in [-0.2, -0.15) is 0 Å². The van der Waals surface area contributed by atoms with Crippen molar-refractivity contribution in [3.05, 3.63) is 60.4 Å². The average Bonchev–Trinajstić information content (AvgIpc) is 2.96. The fraction of sp³-hybridized carbons (Fsp3) is 0.300. The van der Waals surface area contributed by atoms with Gasteiger partial charge in [0.15, 0.2) is 0 Å². The van der Waals surface area contributed by atoms with Gasteiger partial charge in [-0.05, 0) is 38.4 Å². The Morgan fingerprint density at radius 3 is 2.54 bits per heavy atom. The van der Waals surface area contributed by atoms with Crippen LogP contribution in [-0.4, -0.2) is 47.7 Å². The number of benzene rings is 2. The minimum Gasteiger partial charge on any atom is -0.490 e. The first kappa shape index (κ1) is 17.9. The van der Waals surface area contributed by atoms with E-state index in [1.54, 1.807) is 0 Å². The van der Waals surface area contributed by atoms with E-state index in [9.17, 15) is 4.79 Å². The van der Waals surface area contributed by atoms with Gasteiger partial charge in [-0.3, -0.25) is 4.79 Å². The fourth-order valence-corrected chi connectivity index (χ4v) is 2.71. The molecule has 0 saturated carbocycles. The van der Waals surface area contributed by atoms with Crippen LogP contribution >= 0.6 is 0 Å². The smallest absolute Gasteiger partial charge is 0.326 e. The summed E-state index contributed by atoms with van der Waals surface area (Å²) in [7, 11) is 3.95. The predicted octanol–water partition coefficient (Wildman–Crippen LogP) is 2.72. The Morgan fingerprint density at radius 2 is 1.77 bits per heavy atom. The Hall–Kier alpha value is -2.86. The lowest BCUT2D eigenvalue weighted by Gasteiger charge is -2.13. The molecule has 0 bridgehead atoms. The molecule has 0 fully saturated rings. The molecule has 0 aliphatic rings. The highest BCUT2D eigenvalue weighted by molar-refractivity contribution is 5.78. The van der Waals surface area contributed by atoms with E-state index in [0.29, 0.717) is 13.2 Å². The Bertz CT molecular complexity index is 859. The number of fused-ring (bicyclic) bond motifs is 1. The molecule has 26 heavy (non-hydrogen) atoms. The number of hydrogen-bond donors (Lipinski definition) is 0. The molecule has 0 saturated heterocycles. The van der Waals surface area contributed by atoms with E-state index in [4.69, 9.17) is 9.47 Å². The normalized spacial score (nSPS) is 11.0. The number of ether oxygens (including phenoxy) is 2. The van der Waals surface area contributed by atoms with E-state index in [1.165, 1.54) is 0 Å². The van der Waals surface area contributed by atoms with Gasteiger partial charge in [0.2, 0.25) is 0 Å². The fourth-order valence-electron chi connectivity index (χ4n) is 2.71. The zero-order valence-corrected chi connectivity index (χ0v) is 15.1. The molecule has 0 N–H and O–H groups in total. The summed E-state index contributed by atoms with van der Waals surface area (Å²) in [4.78, 5) is 18.9. The van der Waals surface area contributed by atoms with Crippen molar-refractivity contribution in [2.75, 3.05) is 27.3 Å². The van der Waals surface area contributed by atoms with E-state index < -0.39 is 0 Å². The van der Waals surface area contributed by atoms with Crippen molar-refractivity contribution in [3.8, 4) is 5.75 Å². The molecule has 1 aromatic heterocycles. The molecular weight excluding hydrogens is 330 g/mol. The molecule has 0 unspecified atom stereocenters. The van der Waals surface area contributed by atoms with Crippen molar-refractivity contribution in [1.29, 1.82) is 0 Å². The first-order valence-corrected chi connectivity index (χ1v) is 8.56.